The van der Waals surface area contributed by atoms with Crippen molar-refractivity contribution in [1.82, 2.24) is 10.2 Å². The first-order chi connectivity index (χ1) is 8.11. The fraction of sp³-hybridized carbons (Fsp3) is 0.417. The minimum atomic E-state index is -0.0776. The highest BCUT2D eigenvalue weighted by atomic mass is 35.5. The van der Waals surface area contributed by atoms with Gasteiger partial charge < -0.3 is 10.2 Å². The summed E-state index contributed by atoms with van der Waals surface area (Å²) in [4.78, 5) is 14.0. The van der Waals surface area contributed by atoms with Crippen LogP contribution in [-0.4, -0.2) is 37.0 Å². The van der Waals surface area contributed by atoms with Gasteiger partial charge in [-0.05, 0) is 25.1 Å². The Bertz CT molecular complexity index is 431. The number of nitrogens with one attached hydrogen (secondary N) is 1. The van der Waals surface area contributed by atoms with E-state index in [0.29, 0.717) is 15.6 Å². The predicted octanol–water partition coefficient (Wildman–Crippen LogP) is 2.43. The van der Waals surface area contributed by atoms with Crippen LogP contribution >= 0.6 is 23.2 Å². The maximum atomic E-state index is 12.3. The Morgan fingerprint density at radius 1 is 1.47 bits per heavy atom. The van der Waals surface area contributed by atoms with Crippen LogP contribution in [-0.2, 0) is 0 Å². The van der Waals surface area contributed by atoms with Gasteiger partial charge in [0.05, 0.1) is 15.6 Å². The van der Waals surface area contributed by atoms with Crippen LogP contribution < -0.4 is 5.32 Å². The molecule has 1 N–H and O–H groups in total. The van der Waals surface area contributed by atoms with Crippen molar-refractivity contribution < 1.29 is 4.79 Å². The topological polar surface area (TPSA) is 32.3 Å². The molecule has 1 aliphatic heterocycles. The SMILES string of the molecule is CN(C(=O)c1cccc(Cl)c1Cl)C1CCNC1. The van der Waals surface area contributed by atoms with E-state index < -0.39 is 0 Å². The molecular weight excluding hydrogens is 259 g/mol. The second-order valence-electron chi connectivity index (χ2n) is 4.16. The second-order valence-corrected chi connectivity index (χ2v) is 4.95. The molecule has 17 heavy (non-hydrogen) atoms. The number of amides is 1. The van der Waals surface area contributed by atoms with E-state index in [1.165, 1.54) is 0 Å². The Labute approximate surface area is 111 Å². The van der Waals surface area contributed by atoms with Crippen molar-refractivity contribution in [3.05, 3.63) is 33.8 Å². The number of benzene rings is 1. The maximum Gasteiger partial charge on any atom is 0.255 e. The molecule has 1 saturated heterocycles. The van der Waals surface area contributed by atoms with E-state index >= 15 is 0 Å². The molecule has 3 nitrogen and oxygen atoms in total. The summed E-state index contributed by atoms with van der Waals surface area (Å²) in [5.41, 5.74) is 0.466. The molecule has 1 aromatic rings. The molecule has 1 amide bonds. The van der Waals surface area contributed by atoms with E-state index in [0.717, 1.165) is 19.5 Å². The van der Waals surface area contributed by atoms with Gasteiger partial charge in [-0.15, -0.1) is 0 Å². The van der Waals surface area contributed by atoms with Crippen molar-refractivity contribution in [2.45, 2.75) is 12.5 Å². The number of likely N-dealkylation sites (N-methyl/N-ethyl adjacent to an activating group) is 1. The first kappa shape index (κ1) is 12.7. The van der Waals surface area contributed by atoms with Crippen molar-refractivity contribution in [3.8, 4) is 0 Å². The Morgan fingerprint density at radius 2 is 2.24 bits per heavy atom. The third kappa shape index (κ3) is 2.57. The number of carbonyl (C=O) groups excluding carboxylic acids is 1. The standard InChI is InChI=1S/C12H14Cl2N2O/c1-16(8-5-6-15-7-8)12(17)9-3-2-4-10(13)11(9)14/h2-4,8,15H,5-7H2,1H3. The van der Waals surface area contributed by atoms with Crippen LogP contribution in [0.1, 0.15) is 16.8 Å². The molecule has 0 saturated carbocycles. The average molecular weight is 273 g/mol. The summed E-state index contributed by atoms with van der Waals surface area (Å²) in [5, 5.41) is 3.98. The lowest BCUT2D eigenvalue weighted by Gasteiger charge is -2.24. The van der Waals surface area contributed by atoms with Crippen LogP contribution in [0.5, 0.6) is 0 Å². The van der Waals surface area contributed by atoms with E-state index in [4.69, 9.17) is 23.2 Å². The number of hydrogen-bond donors (Lipinski definition) is 1. The summed E-state index contributed by atoms with van der Waals surface area (Å²) in [7, 11) is 1.80. The number of rotatable bonds is 2. The zero-order valence-corrected chi connectivity index (χ0v) is 11.1. The number of nitrogens with zero attached hydrogens (tertiary/aromatic N) is 1. The highest BCUT2D eigenvalue weighted by Gasteiger charge is 2.25. The van der Waals surface area contributed by atoms with Crippen LogP contribution in [0.15, 0.2) is 18.2 Å². The molecule has 1 aromatic carbocycles. The zero-order chi connectivity index (χ0) is 12.4. The summed E-state index contributed by atoms with van der Waals surface area (Å²) in [6, 6.07) is 5.35. The molecule has 1 unspecified atom stereocenters. The van der Waals surface area contributed by atoms with Gasteiger partial charge >= 0.3 is 0 Å². The lowest BCUT2D eigenvalue weighted by molar-refractivity contribution is 0.0744. The highest BCUT2D eigenvalue weighted by Crippen LogP contribution is 2.27. The van der Waals surface area contributed by atoms with Crippen molar-refractivity contribution in [1.29, 1.82) is 0 Å². The summed E-state index contributed by atoms with van der Waals surface area (Å²) >= 11 is 12.0. The third-order valence-electron chi connectivity index (χ3n) is 3.08. The van der Waals surface area contributed by atoms with Gasteiger partial charge in [0, 0.05) is 19.6 Å². The van der Waals surface area contributed by atoms with Crippen LogP contribution in [0.4, 0.5) is 0 Å². The molecule has 1 atom stereocenters. The molecule has 1 aliphatic rings. The molecule has 2 rings (SSSR count). The molecule has 1 fully saturated rings. The van der Waals surface area contributed by atoms with Crippen molar-refractivity contribution in [2.24, 2.45) is 0 Å². The Morgan fingerprint density at radius 3 is 2.88 bits per heavy atom. The molecular formula is C12H14Cl2N2O. The summed E-state index contributed by atoms with van der Waals surface area (Å²) in [6.07, 6.45) is 0.973. The van der Waals surface area contributed by atoms with E-state index in [1.807, 2.05) is 0 Å². The lowest BCUT2D eigenvalue weighted by Crippen LogP contribution is -2.38. The molecule has 0 radical (unpaired) electrons. The van der Waals surface area contributed by atoms with Gasteiger partial charge in [0.15, 0.2) is 0 Å². The van der Waals surface area contributed by atoms with Crippen molar-refractivity contribution >= 4 is 29.1 Å². The molecule has 0 bridgehead atoms. The Balaban J connectivity index is 2.21. The van der Waals surface area contributed by atoms with E-state index in [-0.39, 0.29) is 11.9 Å². The van der Waals surface area contributed by atoms with E-state index in [9.17, 15) is 4.79 Å². The summed E-state index contributed by atoms with van der Waals surface area (Å²) in [5.74, 6) is -0.0776. The molecule has 0 aliphatic carbocycles. The van der Waals surface area contributed by atoms with Crippen LogP contribution in [0, 0.1) is 0 Å². The molecule has 92 valence electrons. The normalized spacial score (nSPS) is 19.4. The molecule has 5 heteroatoms. The summed E-state index contributed by atoms with van der Waals surface area (Å²) < 4.78 is 0. The monoisotopic (exact) mass is 272 g/mol. The fourth-order valence-corrected chi connectivity index (χ4v) is 2.38. The Hall–Kier alpha value is -0.770. The largest absolute Gasteiger partial charge is 0.337 e. The predicted molar refractivity (Wildman–Crippen MR) is 69.8 cm³/mol. The van der Waals surface area contributed by atoms with Gasteiger partial charge in [0.2, 0.25) is 0 Å². The van der Waals surface area contributed by atoms with Gasteiger partial charge in [-0.3, -0.25) is 4.79 Å². The average Bonchev–Trinajstić information content (AvgIpc) is 2.84. The Kier molecular flexibility index (Phi) is 3.92. The molecule has 1 heterocycles. The van der Waals surface area contributed by atoms with E-state index in [2.05, 4.69) is 5.32 Å². The van der Waals surface area contributed by atoms with Gasteiger partial charge in [0.25, 0.3) is 5.91 Å². The van der Waals surface area contributed by atoms with Gasteiger partial charge in [0.1, 0.15) is 0 Å². The van der Waals surface area contributed by atoms with Crippen LogP contribution in [0.2, 0.25) is 10.0 Å². The minimum Gasteiger partial charge on any atom is -0.337 e. The minimum absolute atomic E-state index is 0.0776. The first-order valence-electron chi connectivity index (χ1n) is 5.53. The highest BCUT2D eigenvalue weighted by molar-refractivity contribution is 6.43. The zero-order valence-electron chi connectivity index (χ0n) is 9.54. The van der Waals surface area contributed by atoms with Crippen LogP contribution in [0.3, 0.4) is 0 Å². The molecule has 0 aromatic heterocycles. The van der Waals surface area contributed by atoms with Gasteiger partial charge in [-0.1, -0.05) is 29.3 Å². The number of hydrogen-bond acceptors (Lipinski definition) is 2. The van der Waals surface area contributed by atoms with Crippen LogP contribution in [0.25, 0.3) is 0 Å². The summed E-state index contributed by atoms with van der Waals surface area (Å²) in [6.45, 7) is 1.78. The van der Waals surface area contributed by atoms with Gasteiger partial charge in [-0.25, -0.2) is 0 Å². The number of carbonyl (C=O) groups is 1. The third-order valence-corrected chi connectivity index (χ3v) is 3.90. The quantitative estimate of drug-likeness (QED) is 0.897. The van der Waals surface area contributed by atoms with Crippen molar-refractivity contribution in [2.75, 3.05) is 20.1 Å². The van der Waals surface area contributed by atoms with E-state index in [1.54, 1.807) is 30.1 Å². The molecule has 0 spiro atoms. The second kappa shape index (κ2) is 5.25. The maximum absolute atomic E-state index is 12.3. The van der Waals surface area contributed by atoms with Gasteiger partial charge in [-0.2, -0.15) is 0 Å². The first-order valence-corrected chi connectivity index (χ1v) is 6.28. The fourth-order valence-electron chi connectivity index (χ4n) is 1.99. The smallest absolute Gasteiger partial charge is 0.255 e. The number of halogens is 2. The lowest BCUT2D eigenvalue weighted by atomic mass is 10.1. The van der Waals surface area contributed by atoms with Crippen molar-refractivity contribution in [3.63, 3.8) is 0 Å².